The summed E-state index contributed by atoms with van der Waals surface area (Å²) in [7, 11) is 0. The maximum atomic E-state index is 10.1. The van der Waals surface area contributed by atoms with Crippen LogP contribution in [0.2, 0.25) is 0 Å². The van der Waals surface area contributed by atoms with Crippen molar-refractivity contribution < 1.29 is 50.7 Å². The molecule has 8 aromatic rings. The van der Waals surface area contributed by atoms with E-state index in [2.05, 4.69) is 0 Å². The fraction of sp³-hybridized carbons (Fsp3) is 0.0612. The molecule has 0 radical (unpaired) electrons. The highest BCUT2D eigenvalue weighted by molar-refractivity contribution is 6.09. The zero-order valence-corrected chi connectivity index (χ0v) is 24.9. The number of rotatable bonds is 6. The smallest absolute Gasteiger partial charge is 0.0651 e. The van der Waals surface area contributed by atoms with Gasteiger partial charge in [0.2, 0.25) is 0 Å². The van der Waals surface area contributed by atoms with Gasteiger partial charge in [-0.25, -0.2) is 0 Å². The summed E-state index contributed by atoms with van der Waals surface area (Å²) in [5, 5.41) is -2.10. The van der Waals surface area contributed by atoms with Crippen LogP contribution in [0.5, 0.6) is 0 Å². The van der Waals surface area contributed by atoms with Gasteiger partial charge < -0.3 is 4.90 Å². The number of nitrogens with zero attached hydrogens (tertiary/aromatic N) is 1. The molecule has 0 amide bonds. The van der Waals surface area contributed by atoms with E-state index in [-0.39, 0.29) is 4.90 Å². The monoisotopic (exact) mass is 677 g/mol. The van der Waals surface area contributed by atoms with Crippen LogP contribution in [-0.2, 0) is 5.41 Å². The highest BCUT2D eigenvalue weighted by atomic mass is 15.1. The minimum absolute atomic E-state index is 0.200. The van der Waals surface area contributed by atoms with Crippen LogP contribution in [-0.4, -0.2) is 0 Å². The van der Waals surface area contributed by atoms with Crippen molar-refractivity contribution in [3.8, 4) is 44.5 Å². The van der Waals surface area contributed by atoms with Gasteiger partial charge in [-0.1, -0.05) is 159 Å². The summed E-state index contributed by atoms with van der Waals surface area (Å²) in [6.07, 6.45) is 0. The fourth-order valence-electron chi connectivity index (χ4n) is 5.46. The number of anilines is 3. The van der Waals surface area contributed by atoms with Gasteiger partial charge in [0.1, 0.15) is 0 Å². The second-order valence-corrected chi connectivity index (χ2v) is 10.5. The SMILES string of the molecule is [2H]c1c([2H])c([2H])c(-c2c([2H])c([2H])c(N(c3c([2H])c([2H])c([2H])c([2H])c3[2H])c3c([2H])c([2H])c([2H])c(-c4c([2H])c([2H])c5c([2H])c([2H])c([2H])c6c5c4-c4c([2H])c([2H])c(-c5c([2H])c([2H])c([2H])c([2H])c5[2H])c([2H])c4C6(C([2H])([2H])[2H])C([2H])([2H])[2H])c3[2H])c([2H])c2[2H])c([2H])c1[2H]. The van der Waals surface area contributed by atoms with Crippen molar-refractivity contribution in [1.29, 1.82) is 0 Å². The van der Waals surface area contributed by atoms with Crippen LogP contribution >= 0.6 is 0 Å². The van der Waals surface area contributed by atoms with E-state index >= 15 is 0 Å². The summed E-state index contributed by atoms with van der Waals surface area (Å²) in [5.74, 6) is 0. The van der Waals surface area contributed by atoms with E-state index in [0.29, 0.717) is 0 Å². The Kier molecular flexibility index (Phi) is 2.46. The van der Waals surface area contributed by atoms with Crippen LogP contribution in [0.3, 0.4) is 0 Å². The minimum atomic E-state index is -4.18. The molecular formula is C49H37N. The number of para-hydroxylation sites is 1. The third-order valence-electron chi connectivity index (χ3n) is 7.63. The van der Waals surface area contributed by atoms with Crippen LogP contribution in [0.25, 0.3) is 55.3 Å². The van der Waals surface area contributed by atoms with E-state index in [0.717, 1.165) is 0 Å². The summed E-state index contributed by atoms with van der Waals surface area (Å²) < 4.78 is 335. The highest BCUT2D eigenvalue weighted by Gasteiger charge is 2.35. The van der Waals surface area contributed by atoms with Gasteiger partial charge in [0, 0.05) is 30.7 Å². The third-order valence-corrected chi connectivity index (χ3v) is 7.63. The Morgan fingerprint density at radius 2 is 0.980 bits per heavy atom. The molecule has 1 nitrogen and oxygen atoms in total. The van der Waals surface area contributed by atoms with E-state index in [1.54, 1.807) is 0 Å². The maximum absolute atomic E-state index is 10.1. The van der Waals surface area contributed by atoms with Crippen molar-refractivity contribution in [2.24, 2.45) is 0 Å². The lowest BCUT2D eigenvalue weighted by molar-refractivity contribution is 0.645. The Hall–Kier alpha value is -6.18. The number of benzene rings is 8. The third kappa shape index (κ3) is 5.02. The van der Waals surface area contributed by atoms with Gasteiger partial charge in [0.05, 0.1) is 42.5 Å². The largest absolute Gasteiger partial charge is 0.310 e. The van der Waals surface area contributed by atoms with Gasteiger partial charge in [-0.2, -0.15) is 0 Å². The first kappa shape index (κ1) is 10.2. The topological polar surface area (TPSA) is 3.24 Å². The molecule has 50 heavy (non-hydrogen) atoms. The molecule has 238 valence electrons. The molecule has 9 rings (SSSR count). The Labute approximate surface area is 346 Å². The molecule has 1 heteroatoms. The van der Waals surface area contributed by atoms with Gasteiger partial charge in [-0.15, -0.1) is 0 Å². The maximum Gasteiger partial charge on any atom is 0.0651 e. The molecule has 0 spiro atoms. The van der Waals surface area contributed by atoms with Gasteiger partial charge in [0.15, 0.2) is 0 Å². The van der Waals surface area contributed by atoms with Gasteiger partial charge in [-0.05, 0) is 109 Å². The lowest BCUT2D eigenvalue weighted by Gasteiger charge is -2.36. The van der Waals surface area contributed by atoms with Gasteiger partial charge >= 0.3 is 0 Å². The zero-order chi connectivity index (χ0) is 65.6. The summed E-state index contributed by atoms with van der Waals surface area (Å²) in [5.41, 5.74) is -19.5. The van der Waals surface area contributed by atoms with Crippen LogP contribution in [0.4, 0.5) is 17.1 Å². The number of fused-ring (bicyclic) bond motifs is 2. The first-order valence-corrected chi connectivity index (χ1v) is 14.4. The molecule has 0 unspecified atom stereocenters. The normalized spacial score (nSPS) is 23.7. The Bertz CT molecular complexity index is 4370. The molecule has 0 bridgehead atoms. The van der Waals surface area contributed by atoms with Crippen LogP contribution in [0.15, 0.2) is 187 Å². The number of hydrogen-bond acceptors (Lipinski definition) is 1. The Balaban J connectivity index is 1.59. The van der Waals surface area contributed by atoms with Gasteiger partial charge in [-0.3, -0.25) is 0 Å². The lowest BCUT2D eigenvalue weighted by atomic mass is 9.67. The lowest BCUT2D eigenvalue weighted by Crippen LogP contribution is -2.24. The minimum Gasteiger partial charge on any atom is -0.310 e. The quantitative estimate of drug-likeness (QED) is 0.169. The molecule has 0 saturated heterocycles. The molecule has 0 saturated carbocycles. The van der Waals surface area contributed by atoms with Crippen LogP contribution in [0, 0.1) is 0 Å². The molecule has 1 aliphatic carbocycles. The predicted molar refractivity (Wildman–Crippen MR) is 213 cm³/mol. The highest BCUT2D eigenvalue weighted by Crippen LogP contribution is 2.52. The summed E-state index contributed by atoms with van der Waals surface area (Å²) in [6, 6.07) is -38.2. The second-order valence-electron chi connectivity index (χ2n) is 10.5. The average molecular weight is 677 g/mol. The standard InChI is InChI=1S/C49H37N/c1-49(2)45-23-13-18-37-26-30-43(48(47(37)45)44-31-27-38(33-46(44)49)35-16-8-4-9-17-35)39-19-12-22-42(32-39)50(40-20-10-5-11-21-40)41-28-24-36(25-29-41)34-14-6-3-7-15-34/h3-33H,1-2H3/i1D3,2D3,3D,4D,5D,6D,7D,8D,9D,10D,11D,12D,13D,14D,15D,16D,17D,18D,19D,20D,21D,22D,23D,24D,25D,26D,27D,28D,29D,30D,31D,32D,33D. The second kappa shape index (κ2) is 12.1. The van der Waals surface area contributed by atoms with E-state index in [9.17, 15) is 19.2 Å². The van der Waals surface area contributed by atoms with E-state index in [4.69, 9.17) is 31.5 Å². The molecule has 8 aromatic carbocycles. The van der Waals surface area contributed by atoms with Crippen molar-refractivity contribution in [2.45, 2.75) is 19.1 Å². The molecule has 0 aromatic heterocycles. The molecule has 0 heterocycles. The number of hydrogen-bond donors (Lipinski definition) is 0. The first-order chi connectivity index (χ1) is 40.0. The molecule has 0 atom stereocenters. The first-order valence-electron chi connectivity index (χ1n) is 32.9. The molecule has 0 fully saturated rings. The van der Waals surface area contributed by atoms with E-state index in [1.165, 1.54) is 0 Å². The van der Waals surface area contributed by atoms with Crippen molar-refractivity contribution in [3.05, 3.63) is 198 Å². The Morgan fingerprint density at radius 1 is 0.420 bits per heavy atom. The van der Waals surface area contributed by atoms with Gasteiger partial charge in [0.25, 0.3) is 0 Å². The summed E-state index contributed by atoms with van der Waals surface area (Å²) in [4.78, 5) is 0.200. The summed E-state index contributed by atoms with van der Waals surface area (Å²) in [6.45, 7) is -8.36. The summed E-state index contributed by atoms with van der Waals surface area (Å²) >= 11 is 0. The Morgan fingerprint density at radius 3 is 1.70 bits per heavy atom. The predicted octanol–water partition coefficient (Wildman–Crippen LogP) is 13.6. The van der Waals surface area contributed by atoms with Crippen molar-refractivity contribution in [3.63, 3.8) is 0 Å². The fourth-order valence-corrected chi connectivity index (χ4v) is 5.46. The molecule has 1 aliphatic rings. The van der Waals surface area contributed by atoms with Crippen molar-refractivity contribution in [2.75, 3.05) is 4.90 Å². The molecule has 0 aliphatic heterocycles. The average Bonchev–Trinajstić information content (AvgIpc) is 0.657. The molecule has 0 N–H and O–H groups in total. The van der Waals surface area contributed by atoms with E-state index in [1.807, 2.05) is 0 Å². The van der Waals surface area contributed by atoms with Crippen molar-refractivity contribution in [1.82, 2.24) is 0 Å². The zero-order valence-electron chi connectivity index (χ0n) is 61.9. The van der Waals surface area contributed by atoms with Crippen LogP contribution in [0.1, 0.15) is 75.5 Å². The van der Waals surface area contributed by atoms with Crippen molar-refractivity contribution >= 4 is 27.8 Å². The van der Waals surface area contributed by atoms with Crippen LogP contribution < -0.4 is 4.90 Å². The molecular weight excluding hydrogens is 603 g/mol. The van der Waals surface area contributed by atoms with E-state index < -0.39 is 290 Å².